The molecule has 1 unspecified atom stereocenters. The third-order valence-electron chi connectivity index (χ3n) is 5.46. The van der Waals surface area contributed by atoms with Gasteiger partial charge >= 0.3 is 0 Å². The average Bonchev–Trinajstić information content (AvgIpc) is 3.25. The number of benzene rings is 1. The van der Waals surface area contributed by atoms with E-state index in [2.05, 4.69) is 15.5 Å². The Morgan fingerprint density at radius 2 is 2.03 bits per heavy atom. The third kappa shape index (κ3) is 5.38. The third-order valence-corrected chi connectivity index (χ3v) is 5.46. The molecule has 3 rings (SSSR count). The van der Waals surface area contributed by atoms with E-state index in [0.717, 1.165) is 24.2 Å². The zero-order chi connectivity index (χ0) is 20.8. The lowest BCUT2D eigenvalue weighted by Crippen LogP contribution is -2.48. The molecule has 1 atom stereocenters. The van der Waals surface area contributed by atoms with Crippen molar-refractivity contribution in [1.29, 1.82) is 0 Å². The SMILES string of the molecule is COc1ccc(C)cc1NC(=O)C(C)N1CCC(C(=O)NCc2ccco2)CC1. The second-order valence-electron chi connectivity index (χ2n) is 7.48. The van der Waals surface area contributed by atoms with E-state index in [-0.39, 0.29) is 23.8 Å². The van der Waals surface area contributed by atoms with E-state index < -0.39 is 0 Å². The van der Waals surface area contributed by atoms with Gasteiger partial charge in [0.1, 0.15) is 11.5 Å². The smallest absolute Gasteiger partial charge is 0.241 e. The molecule has 0 spiro atoms. The fourth-order valence-electron chi connectivity index (χ4n) is 3.60. The van der Waals surface area contributed by atoms with Crippen molar-refractivity contribution in [1.82, 2.24) is 10.2 Å². The lowest BCUT2D eigenvalue weighted by atomic mass is 9.95. The first-order valence-corrected chi connectivity index (χ1v) is 9.97. The second kappa shape index (κ2) is 9.60. The number of hydrogen-bond acceptors (Lipinski definition) is 5. The first-order valence-electron chi connectivity index (χ1n) is 9.97. The zero-order valence-corrected chi connectivity index (χ0v) is 17.2. The monoisotopic (exact) mass is 399 g/mol. The number of aryl methyl sites for hydroxylation is 1. The molecule has 0 radical (unpaired) electrons. The first kappa shape index (κ1) is 20.9. The summed E-state index contributed by atoms with van der Waals surface area (Å²) in [4.78, 5) is 27.2. The molecule has 7 heteroatoms. The quantitative estimate of drug-likeness (QED) is 0.748. The number of nitrogens with one attached hydrogen (secondary N) is 2. The molecule has 2 heterocycles. The molecule has 7 nitrogen and oxygen atoms in total. The standard InChI is InChI=1S/C22H29N3O4/c1-15-6-7-20(28-3)19(13-15)24-21(26)16(2)25-10-8-17(9-11-25)22(27)23-14-18-5-4-12-29-18/h4-7,12-13,16-17H,8-11,14H2,1-3H3,(H,23,27)(H,24,26). The predicted molar refractivity (Wildman–Crippen MR) is 111 cm³/mol. The highest BCUT2D eigenvalue weighted by molar-refractivity contribution is 5.96. The maximum absolute atomic E-state index is 12.7. The highest BCUT2D eigenvalue weighted by Gasteiger charge is 2.30. The van der Waals surface area contributed by atoms with Crippen LogP contribution in [-0.4, -0.2) is 43.0 Å². The van der Waals surface area contributed by atoms with Crippen LogP contribution < -0.4 is 15.4 Å². The number of hydrogen-bond donors (Lipinski definition) is 2. The Kier molecular flexibility index (Phi) is 6.93. The topological polar surface area (TPSA) is 83.8 Å². The van der Waals surface area contributed by atoms with Crippen LogP contribution >= 0.6 is 0 Å². The van der Waals surface area contributed by atoms with Crippen LogP contribution in [0.3, 0.4) is 0 Å². The van der Waals surface area contributed by atoms with Gasteiger partial charge in [-0.25, -0.2) is 0 Å². The maximum Gasteiger partial charge on any atom is 0.241 e. The Balaban J connectivity index is 1.49. The number of ether oxygens (including phenoxy) is 1. The number of amides is 2. The van der Waals surface area contributed by atoms with Crippen LogP contribution in [0.25, 0.3) is 0 Å². The molecule has 0 saturated carbocycles. The number of piperidine rings is 1. The van der Waals surface area contributed by atoms with Crippen molar-refractivity contribution in [2.75, 3.05) is 25.5 Å². The lowest BCUT2D eigenvalue weighted by Gasteiger charge is -2.34. The van der Waals surface area contributed by atoms with Crippen LogP contribution in [0.1, 0.15) is 31.1 Å². The van der Waals surface area contributed by atoms with Crippen molar-refractivity contribution in [2.24, 2.45) is 5.92 Å². The number of carbonyl (C=O) groups excluding carboxylic acids is 2. The van der Waals surface area contributed by atoms with Crippen LogP contribution in [0.2, 0.25) is 0 Å². The van der Waals surface area contributed by atoms with Crippen molar-refractivity contribution in [2.45, 2.75) is 39.3 Å². The fraction of sp³-hybridized carbons (Fsp3) is 0.455. The number of rotatable bonds is 7. The van der Waals surface area contributed by atoms with Gasteiger partial charge in [-0.1, -0.05) is 6.07 Å². The zero-order valence-electron chi connectivity index (χ0n) is 17.2. The van der Waals surface area contributed by atoms with Gasteiger partial charge in [0, 0.05) is 5.92 Å². The highest BCUT2D eigenvalue weighted by atomic mass is 16.5. The summed E-state index contributed by atoms with van der Waals surface area (Å²) < 4.78 is 10.6. The molecule has 0 aliphatic carbocycles. The summed E-state index contributed by atoms with van der Waals surface area (Å²) in [5.41, 5.74) is 1.73. The van der Waals surface area contributed by atoms with Crippen LogP contribution in [-0.2, 0) is 16.1 Å². The molecule has 1 saturated heterocycles. The summed E-state index contributed by atoms with van der Waals surface area (Å²) in [7, 11) is 1.59. The Morgan fingerprint density at radius 3 is 2.69 bits per heavy atom. The van der Waals surface area contributed by atoms with Crippen molar-refractivity contribution in [3.8, 4) is 5.75 Å². The summed E-state index contributed by atoms with van der Waals surface area (Å²) in [5, 5.41) is 5.90. The average molecular weight is 399 g/mol. The second-order valence-corrected chi connectivity index (χ2v) is 7.48. The van der Waals surface area contributed by atoms with E-state index >= 15 is 0 Å². The molecule has 1 fully saturated rings. The van der Waals surface area contributed by atoms with Gasteiger partial charge in [-0.05, 0) is 69.6 Å². The number of likely N-dealkylation sites (tertiary alicyclic amines) is 1. The van der Waals surface area contributed by atoms with Gasteiger partial charge in [-0.2, -0.15) is 0 Å². The van der Waals surface area contributed by atoms with Gasteiger partial charge in [-0.15, -0.1) is 0 Å². The minimum Gasteiger partial charge on any atom is -0.495 e. The van der Waals surface area contributed by atoms with Crippen LogP contribution in [0, 0.1) is 12.8 Å². The van der Waals surface area contributed by atoms with Crippen molar-refractivity contribution >= 4 is 17.5 Å². The molecule has 2 N–H and O–H groups in total. The lowest BCUT2D eigenvalue weighted by molar-refractivity contribution is -0.127. The summed E-state index contributed by atoms with van der Waals surface area (Å²) in [6, 6.07) is 9.05. The van der Waals surface area contributed by atoms with Gasteiger partial charge in [0.2, 0.25) is 11.8 Å². The van der Waals surface area contributed by atoms with Gasteiger partial charge < -0.3 is 19.8 Å². The van der Waals surface area contributed by atoms with Crippen molar-refractivity contribution < 1.29 is 18.7 Å². The maximum atomic E-state index is 12.7. The molecule has 2 aromatic rings. The van der Waals surface area contributed by atoms with Gasteiger partial charge in [0.25, 0.3) is 0 Å². The normalized spacial score (nSPS) is 16.2. The largest absolute Gasteiger partial charge is 0.495 e. The number of carbonyl (C=O) groups is 2. The molecule has 1 aliphatic rings. The number of anilines is 1. The summed E-state index contributed by atoms with van der Waals surface area (Å²) in [6.07, 6.45) is 3.06. The van der Waals surface area contributed by atoms with Crippen LogP contribution in [0.4, 0.5) is 5.69 Å². The predicted octanol–water partition coefficient (Wildman–Crippen LogP) is 2.95. The van der Waals surface area contributed by atoms with E-state index in [1.54, 1.807) is 19.4 Å². The number of methoxy groups -OCH3 is 1. The Bertz CT molecular complexity index is 827. The Labute approximate surface area is 171 Å². The minimum absolute atomic E-state index is 0.0339. The molecule has 2 amide bonds. The molecular weight excluding hydrogens is 370 g/mol. The molecule has 1 aliphatic heterocycles. The molecule has 156 valence electrons. The highest BCUT2D eigenvalue weighted by Crippen LogP contribution is 2.26. The van der Waals surface area contributed by atoms with Gasteiger partial charge in [-0.3, -0.25) is 14.5 Å². The molecule has 1 aromatic carbocycles. The van der Waals surface area contributed by atoms with Crippen LogP contribution in [0.15, 0.2) is 41.0 Å². The van der Waals surface area contributed by atoms with Crippen molar-refractivity contribution in [3.63, 3.8) is 0 Å². The van der Waals surface area contributed by atoms with Crippen LogP contribution in [0.5, 0.6) is 5.75 Å². The summed E-state index contributed by atoms with van der Waals surface area (Å²) in [6.45, 7) is 5.69. The fourth-order valence-corrected chi connectivity index (χ4v) is 3.60. The number of furan rings is 1. The van der Waals surface area contributed by atoms with E-state index in [0.29, 0.717) is 31.1 Å². The van der Waals surface area contributed by atoms with E-state index in [4.69, 9.17) is 9.15 Å². The minimum atomic E-state index is -0.285. The molecular formula is C22H29N3O4. The Hall–Kier alpha value is -2.80. The Morgan fingerprint density at radius 1 is 1.28 bits per heavy atom. The van der Waals surface area contributed by atoms with Gasteiger partial charge in [0.15, 0.2) is 0 Å². The van der Waals surface area contributed by atoms with E-state index in [9.17, 15) is 9.59 Å². The summed E-state index contributed by atoms with van der Waals surface area (Å²) in [5.74, 6) is 1.32. The van der Waals surface area contributed by atoms with Crippen molar-refractivity contribution in [3.05, 3.63) is 47.9 Å². The molecule has 0 bridgehead atoms. The first-order chi connectivity index (χ1) is 14.0. The summed E-state index contributed by atoms with van der Waals surface area (Å²) >= 11 is 0. The molecule has 1 aromatic heterocycles. The van der Waals surface area contributed by atoms with Gasteiger partial charge in [0.05, 0.1) is 31.6 Å². The van der Waals surface area contributed by atoms with E-state index in [1.165, 1.54) is 0 Å². The number of nitrogens with zero attached hydrogens (tertiary/aromatic N) is 1. The van der Waals surface area contributed by atoms with E-state index in [1.807, 2.05) is 38.1 Å². The molecule has 29 heavy (non-hydrogen) atoms.